The smallest absolute Gasteiger partial charge is 0.406 e. The molecule has 1 heterocycles. The molecule has 0 fully saturated rings. The van der Waals surface area contributed by atoms with Crippen LogP contribution in [0.25, 0.3) is 22.2 Å². The lowest BCUT2D eigenvalue weighted by Crippen LogP contribution is -2.17. The van der Waals surface area contributed by atoms with Gasteiger partial charge >= 0.3 is 6.36 Å². The fraction of sp³-hybridized carbons (Fsp3) is 0.0909. The Morgan fingerprint density at radius 1 is 1.00 bits per heavy atom. The number of hydrogen-bond acceptors (Lipinski definition) is 4. The van der Waals surface area contributed by atoms with Gasteiger partial charge in [-0.2, -0.15) is 0 Å². The molecule has 4 rings (SSSR count). The molecule has 0 spiro atoms. The summed E-state index contributed by atoms with van der Waals surface area (Å²) in [6.45, 7) is 1.98. The van der Waals surface area contributed by atoms with Crippen LogP contribution in [0.4, 0.5) is 18.9 Å². The number of halogens is 3. The first-order valence-corrected chi connectivity index (χ1v) is 8.92. The first kappa shape index (κ1) is 19.5. The minimum absolute atomic E-state index is 0.332. The van der Waals surface area contributed by atoms with Crippen LogP contribution in [0.15, 0.2) is 71.3 Å². The average Bonchev–Trinajstić information content (AvgIpc) is 3.12. The van der Waals surface area contributed by atoms with E-state index in [1.54, 1.807) is 18.2 Å². The number of nitrogens with zero attached hydrogens (tertiary/aromatic N) is 1. The van der Waals surface area contributed by atoms with E-state index in [9.17, 15) is 18.0 Å². The third-order valence-corrected chi connectivity index (χ3v) is 4.40. The number of ether oxygens (including phenoxy) is 1. The Hall–Kier alpha value is -3.81. The molecule has 3 aromatic carbocycles. The molecular weight excluding hydrogens is 397 g/mol. The van der Waals surface area contributed by atoms with Gasteiger partial charge in [0.25, 0.3) is 5.91 Å². The number of alkyl halides is 3. The van der Waals surface area contributed by atoms with E-state index in [1.165, 1.54) is 12.1 Å². The van der Waals surface area contributed by atoms with Crippen LogP contribution in [0.1, 0.15) is 15.9 Å². The fourth-order valence-electron chi connectivity index (χ4n) is 2.94. The Morgan fingerprint density at radius 3 is 2.37 bits per heavy atom. The summed E-state index contributed by atoms with van der Waals surface area (Å²) in [5.74, 6) is -0.236. The van der Waals surface area contributed by atoms with Gasteiger partial charge in [-0.25, -0.2) is 0 Å². The lowest BCUT2D eigenvalue weighted by atomic mass is 10.0. The van der Waals surface area contributed by atoms with Gasteiger partial charge in [-0.3, -0.25) is 4.79 Å². The van der Waals surface area contributed by atoms with Crippen LogP contribution in [-0.2, 0) is 0 Å². The number of carbonyl (C=O) groups is 1. The molecule has 5 nitrogen and oxygen atoms in total. The highest BCUT2D eigenvalue weighted by molar-refractivity contribution is 6.07. The SMILES string of the molecule is Cc1ccc(-c2onc3ccc(C(=O)Nc4ccc(OC(F)(F)F)cc4)cc23)cc1. The van der Waals surface area contributed by atoms with E-state index >= 15 is 0 Å². The molecule has 8 heteroatoms. The summed E-state index contributed by atoms with van der Waals surface area (Å²) in [4.78, 5) is 12.6. The second-order valence-electron chi connectivity index (χ2n) is 6.64. The molecule has 0 aliphatic carbocycles. The quantitative estimate of drug-likeness (QED) is 0.450. The van der Waals surface area contributed by atoms with Crippen molar-refractivity contribution in [1.82, 2.24) is 5.16 Å². The van der Waals surface area contributed by atoms with Gasteiger partial charge in [0.1, 0.15) is 11.3 Å². The van der Waals surface area contributed by atoms with Crippen molar-refractivity contribution in [3.63, 3.8) is 0 Å². The number of benzene rings is 3. The highest BCUT2D eigenvalue weighted by atomic mass is 19.4. The van der Waals surface area contributed by atoms with Gasteiger partial charge in [0.15, 0.2) is 5.76 Å². The first-order valence-electron chi connectivity index (χ1n) is 8.92. The molecule has 152 valence electrons. The topological polar surface area (TPSA) is 64.4 Å². The van der Waals surface area contributed by atoms with Gasteiger partial charge in [-0.1, -0.05) is 35.0 Å². The van der Waals surface area contributed by atoms with Crippen molar-refractivity contribution in [3.05, 3.63) is 77.9 Å². The third-order valence-electron chi connectivity index (χ3n) is 4.40. The molecule has 0 atom stereocenters. The summed E-state index contributed by atoms with van der Waals surface area (Å²) in [6, 6.07) is 17.6. The number of carbonyl (C=O) groups excluding carboxylic acids is 1. The van der Waals surface area contributed by atoms with Gasteiger partial charge in [-0.15, -0.1) is 13.2 Å². The molecule has 0 unspecified atom stereocenters. The van der Waals surface area contributed by atoms with Crippen LogP contribution >= 0.6 is 0 Å². The maximum Gasteiger partial charge on any atom is 0.573 e. The number of amides is 1. The van der Waals surface area contributed by atoms with E-state index < -0.39 is 12.3 Å². The van der Waals surface area contributed by atoms with Crippen molar-refractivity contribution in [2.45, 2.75) is 13.3 Å². The van der Waals surface area contributed by atoms with Gasteiger partial charge in [-0.05, 0) is 49.4 Å². The van der Waals surface area contributed by atoms with Crippen LogP contribution in [0, 0.1) is 6.92 Å². The predicted octanol–water partition coefficient (Wildman–Crippen LogP) is 5.95. The average molecular weight is 412 g/mol. The maximum atomic E-state index is 12.6. The lowest BCUT2D eigenvalue weighted by Gasteiger charge is -2.10. The van der Waals surface area contributed by atoms with Crippen molar-refractivity contribution in [1.29, 1.82) is 0 Å². The minimum atomic E-state index is -4.77. The van der Waals surface area contributed by atoms with Crippen molar-refractivity contribution in [3.8, 4) is 17.1 Å². The molecule has 0 saturated carbocycles. The largest absolute Gasteiger partial charge is 0.573 e. The Balaban J connectivity index is 1.56. The third kappa shape index (κ3) is 4.27. The van der Waals surface area contributed by atoms with Crippen molar-refractivity contribution < 1.29 is 27.2 Å². The van der Waals surface area contributed by atoms with Crippen LogP contribution < -0.4 is 10.1 Å². The van der Waals surface area contributed by atoms with Gasteiger partial charge in [0.2, 0.25) is 0 Å². The molecule has 1 N–H and O–H groups in total. The monoisotopic (exact) mass is 412 g/mol. The summed E-state index contributed by atoms with van der Waals surface area (Å²) in [7, 11) is 0. The van der Waals surface area contributed by atoms with E-state index in [2.05, 4.69) is 15.2 Å². The minimum Gasteiger partial charge on any atom is -0.406 e. The zero-order chi connectivity index (χ0) is 21.3. The van der Waals surface area contributed by atoms with E-state index in [4.69, 9.17) is 4.52 Å². The number of hydrogen-bond donors (Lipinski definition) is 1. The Kier molecular flexibility index (Phi) is 4.91. The predicted molar refractivity (Wildman–Crippen MR) is 105 cm³/mol. The number of anilines is 1. The summed E-state index contributed by atoms with van der Waals surface area (Å²) < 4.78 is 46.0. The first-order chi connectivity index (χ1) is 14.3. The van der Waals surface area contributed by atoms with Crippen molar-refractivity contribution >= 4 is 22.5 Å². The zero-order valence-electron chi connectivity index (χ0n) is 15.7. The molecule has 1 amide bonds. The van der Waals surface area contributed by atoms with Crippen molar-refractivity contribution in [2.75, 3.05) is 5.32 Å². The number of rotatable bonds is 4. The standard InChI is InChI=1S/C22H15F3N2O3/c1-13-2-4-14(5-3-13)20-18-12-15(6-11-19(18)27-30-20)21(28)26-16-7-9-17(10-8-16)29-22(23,24)25/h2-12H,1H3,(H,26,28). The summed E-state index contributed by atoms with van der Waals surface area (Å²) in [6.07, 6.45) is -4.77. The van der Waals surface area contributed by atoms with Crippen LogP contribution in [0.3, 0.4) is 0 Å². The van der Waals surface area contributed by atoms with Gasteiger partial charge in [0.05, 0.1) is 5.39 Å². The Bertz CT molecular complexity index is 1200. The fourth-order valence-corrected chi connectivity index (χ4v) is 2.94. The molecule has 0 saturated heterocycles. The molecule has 0 radical (unpaired) electrons. The van der Waals surface area contributed by atoms with Crippen molar-refractivity contribution in [2.24, 2.45) is 0 Å². The second-order valence-corrected chi connectivity index (χ2v) is 6.64. The zero-order valence-corrected chi connectivity index (χ0v) is 15.7. The number of fused-ring (bicyclic) bond motifs is 1. The van der Waals surface area contributed by atoms with Crippen LogP contribution in [0.2, 0.25) is 0 Å². The van der Waals surface area contributed by atoms with Crippen LogP contribution in [0.5, 0.6) is 5.75 Å². The molecular formula is C22H15F3N2O3. The highest BCUT2D eigenvalue weighted by Crippen LogP contribution is 2.30. The summed E-state index contributed by atoms with van der Waals surface area (Å²) in [5, 5.41) is 7.35. The molecule has 0 aliphatic heterocycles. The molecule has 0 aliphatic rings. The Morgan fingerprint density at radius 2 is 1.70 bits per heavy atom. The van der Waals surface area contributed by atoms with E-state index in [0.29, 0.717) is 27.9 Å². The van der Waals surface area contributed by atoms with Gasteiger partial charge in [0, 0.05) is 16.8 Å². The lowest BCUT2D eigenvalue weighted by molar-refractivity contribution is -0.274. The van der Waals surface area contributed by atoms with Gasteiger partial charge < -0.3 is 14.6 Å². The number of nitrogens with one attached hydrogen (secondary N) is 1. The molecule has 0 bridgehead atoms. The molecule has 1 aromatic heterocycles. The second kappa shape index (κ2) is 7.55. The normalized spacial score (nSPS) is 11.5. The Labute approximate surface area is 169 Å². The van der Waals surface area contributed by atoms with E-state index in [-0.39, 0.29) is 5.75 Å². The van der Waals surface area contributed by atoms with E-state index in [0.717, 1.165) is 23.3 Å². The summed E-state index contributed by atoms with van der Waals surface area (Å²) in [5.41, 5.74) is 3.24. The van der Waals surface area contributed by atoms with E-state index in [1.807, 2.05) is 31.2 Å². The number of aryl methyl sites for hydroxylation is 1. The maximum absolute atomic E-state index is 12.6. The summed E-state index contributed by atoms with van der Waals surface area (Å²) >= 11 is 0. The number of aromatic nitrogens is 1. The van der Waals surface area contributed by atoms with Crippen LogP contribution in [-0.4, -0.2) is 17.4 Å². The molecule has 4 aromatic rings. The highest BCUT2D eigenvalue weighted by Gasteiger charge is 2.31. The molecule has 30 heavy (non-hydrogen) atoms.